The van der Waals surface area contributed by atoms with Crippen molar-refractivity contribution in [2.45, 2.75) is 44.6 Å². The Morgan fingerprint density at radius 1 is 1.28 bits per heavy atom. The van der Waals surface area contributed by atoms with E-state index in [-0.39, 0.29) is 5.91 Å². The van der Waals surface area contributed by atoms with E-state index in [2.05, 4.69) is 16.7 Å². The minimum absolute atomic E-state index is 0.146. The third kappa shape index (κ3) is 2.59. The van der Waals surface area contributed by atoms with Crippen molar-refractivity contribution in [2.24, 2.45) is 0 Å². The Bertz CT molecular complexity index is 412. The van der Waals surface area contributed by atoms with Gasteiger partial charge in [0, 0.05) is 10.9 Å². The molecule has 2 heterocycles. The van der Waals surface area contributed by atoms with Crippen LogP contribution in [0.3, 0.4) is 0 Å². The van der Waals surface area contributed by atoms with E-state index >= 15 is 0 Å². The normalized spacial score (nSPS) is 20.4. The second-order valence-corrected chi connectivity index (χ2v) is 6.40. The molecule has 2 aliphatic rings. The molecule has 0 bridgehead atoms. The van der Waals surface area contributed by atoms with E-state index in [0.717, 1.165) is 43.6 Å². The van der Waals surface area contributed by atoms with Gasteiger partial charge < -0.3 is 10.6 Å². The zero-order valence-corrected chi connectivity index (χ0v) is 11.4. The number of nitrogens with one attached hydrogen (secondary N) is 2. The molecular weight excluding hydrogens is 244 g/mol. The van der Waals surface area contributed by atoms with E-state index in [0.29, 0.717) is 6.04 Å². The Morgan fingerprint density at radius 2 is 2.06 bits per heavy atom. The van der Waals surface area contributed by atoms with E-state index in [1.807, 2.05) is 0 Å². The number of carbonyl (C=O) groups excluding carboxylic acids is 1. The topological polar surface area (TPSA) is 41.1 Å². The van der Waals surface area contributed by atoms with Crippen molar-refractivity contribution in [1.29, 1.82) is 0 Å². The maximum atomic E-state index is 12.2. The summed E-state index contributed by atoms with van der Waals surface area (Å²) in [4.78, 5) is 14.5. The van der Waals surface area contributed by atoms with Crippen LogP contribution in [0.15, 0.2) is 6.07 Å². The molecule has 0 unspecified atom stereocenters. The lowest BCUT2D eigenvalue weighted by Crippen LogP contribution is -2.32. The van der Waals surface area contributed by atoms with Crippen LogP contribution in [0.5, 0.6) is 0 Å². The average Bonchev–Trinajstić information content (AvgIpc) is 2.95. The van der Waals surface area contributed by atoms with Crippen molar-refractivity contribution in [1.82, 2.24) is 10.6 Å². The molecule has 3 nitrogen and oxygen atoms in total. The van der Waals surface area contributed by atoms with Gasteiger partial charge in [0.15, 0.2) is 0 Å². The van der Waals surface area contributed by atoms with Gasteiger partial charge in [-0.25, -0.2) is 0 Å². The van der Waals surface area contributed by atoms with E-state index in [9.17, 15) is 4.79 Å². The van der Waals surface area contributed by atoms with Crippen molar-refractivity contribution in [3.8, 4) is 0 Å². The average molecular weight is 264 g/mol. The summed E-state index contributed by atoms with van der Waals surface area (Å²) in [5.74, 6) is 0.146. The lowest BCUT2D eigenvalue weighted by molar-refractivity contribution is 0.0942. The third-order valence-electron chi connectivity index (χ3n) is 3.91. The van der Waals surface area contributed by atoms with E-state index in [1.165, 1.54) is 23.3 Å². The van der Waals surface area contributed by atoms with Gasteiger partial charge in [0.2, 0.25) is 0 Å². The Hall–Kier alpha value is -0.870. The summed E-state index contributed by atoms with van der Waals surface area (Å²) in [5, 5.41) is 6.57. The van der Waals surface area contributed by atoms with Crippen LogP contribution < -0.4 is 10.6 Å². The maximum absolute atomic E-state index is 12.2. The molecule has 18 heavy (non-hydrogen) atoms. The summed E-state index contributed by atoms with van der Waals surface area (Å²) in [6, 6.07) is 2.53. The molecule has 1 aromatic rings. The maximum Gasteiger partial charge on any atom is 0.261 e. The number of hydrogen-bond acceptors (Lipinski definition) is 3. The second-order valence-electron chi connectivity index (χ2n) is 5.26. The highest BCUT2D eigenvalue weighted by Gasteiger charge is 2.20. The van der Waals surface area contributed by atoms with Crippen LogP contribution in [-0.4, -0.2) is 25.0 Å². The molecule has 2 N–H and O–H groups in total. The fraction of sp³-hybridized carbons (Fsp3) is 0.643. The molecule has 1 aliphatic carbocycles. The Balaban J connectivity index is 1.69. The number of rotatable bonds is 2. The van der Waals surface area contributed by atoms with Crippen molar-refractivity contribution >= 4 is 17.2 Å². The van der Waals surface area contributed by atoms with Gasteiger partial charge in [-0.3, -0.25) is 4.79 Å². The number of thiophene rings is 1. The highest BCUT2D eigenvalue weighted by atomic mass is 32.1. The molecule has 0 radical (unpaired) electrons. The molecule has 0 spiro atoms. The standard InChI is InChI=1S/C14H20N2OS/c17-14(16-11-3-1-2-4-11)13-9-10-5-7-15-8-6-12(10)18-13/h9,11,15H,1-8H2,(H,16,17). The summed E-state index contributed by atoms with van der Waals surface area (Å²) >= 11 is 1.69. The Morgan fingerprint density at radius 3 is 2.89 bits per heavy atom. The fourth-order valence-electron chi connectivity index (χ4n) is 2.88. The van der Waals surface area contributed by atoms with Gasteiger partial charge >= 0.3 is 0 Å². The van der Waals surface area contributed by atoms with Gasteiger partial charge in [0.1, 0.15) is 0 Å². The monoisotopic (exact) mass is 264 g/mol. The summed E-state index contributed by atoms with van der Waals surface area (Å²) in [6.45, 7) is 2.07. The van der Waals surface area contributed by atoms with Crippen molar-refractivity contribution < 1.29 is 4.79 Å². The van der Waals surface area contributed by atoms with Crippen LogP contribution in [0.2, 0.25) is 0 Å². The minimum atomic E-state index is 0.146. The van der Waals surface area contributed by atoms with E-state index in [1.54, 1.807) is 11.3 Å². The SMILES string of the molecule is O=C(NC1CCCC1)c1cc2c(s1)CCNCC2. The highest BCUT2D eigenvalue weighted by molar-refractivity contribution is 7.14. The van der Waals surface area contributed by atoms with Crippen LogP contribution in [0.1, 0.15) is 45.8 Å². The van der Waals surface area contributed by atoms with Gasteiger partial charge in [-0.05, 0) is 50.4 Å². The van der Waals surface area contributed by atoms with Gasteiger partial charge in [0.25, 0.3) is 5.91 Å². The number of hydrogen-bond donors (Lipinski definition) is 2. The molecule has 0 saturated heterocycles. The Labute approximate surface area is 112 Å². The smallest absolute Gasteiger partial charge is 0.261 e. The van der Waals surface area contributed by atoms with Crippen molar-refractivity contribution in [3.63, 3.8) is 0 Å². The predicted molar refractivity (Wildman–Crippen MR) is 74.3 cm³/mol. The number of fused-ring (bicyclic) bond motifs is 1. The number of carbonyl (C=O) groups is 1. The van der Waals surface area contributed by atoms with E-state index in [4.69, 9.17) is 0 Å². The number of amides is 1. The molecular formula is C14H20N2OS. The molecule has 3 rings (SSSR count). The van der Waals surface area contributed by atoms with Crippen LogP contribution >= 0.6 is 11.3 Å². The minimum Gasteiger partial charge on any atom is -0.349 e. The molecule has 1 saturated carbocycles. The van der Waals surface area contributed by atoms with Crippen molar-refractivity contribution in [2.75, 3.05) is 13.1 Å². The Kier molecular flexibility index (Phi) is 3.66. The summed E-state index contributed by atoms with van der Waals surface area (Å²) in [5.41, 5.74) is 1.38. The first-order valence-corrected chi connectivity index (χ1v) is 7.78. The highest BCUT2D eigenvalue weighted by Crippen LogP contribution is 2.25. The zero-order valence-electron chi connectivity index (χ0n) is 10.6. The second kappa shape index (κ2) is 5.41. The molecule has 4 heteroatoms. The van der Waals surface area contributed by atoms with E-state index < -0.39 is 0 Å². The molecule has 1 aliphatic heterocycles. The van der Waals surface area contributed by atoms with Gasteiger partial charge in [-0.1, -0.05) is 12.8 Å². The summed E-state index contributed by atoms with van der Waals surface area (Å²) in [6.07, 6.45) is 6.95. The molecule has 98 valence electrons. The molecule has 1 fully saturated rings. The van der Waals surface area contributed by atoms with Gasteiger partial charge in [0.05, 0.1) is 4.88 Å². The molecule has 1 amide bonds. The van der Waals surface area contributed by atoms with Crippen LogP contribution in [0, 0.1) is 0 Å². The van der Waals surface area contributed by atoms with Crippen molar-refractivity contribution in [3.05, 3.63) is 21.4 Å². The first-order valence-electron chi connectivity index (χ1n) is 6.96. The first kappa shape index (κ1) is 12.2. The van der Waals surface area contributed by atoms with Crippen LogP contribution in [-0.2, 0) is 12.8 Å². The summed E-state index contributed by atoms with van der Waals surface area (Å²) in [7, 11) is 0. The van der Waals surface area contributed by atoms with Gasteiger partial charge in [-0.15, -0.1) is 11.3 Å². The lowest BCUT2D eigenvalue weighted by atomic mass is 10.1. The van der Waals surface area contributed by atoms with Gasteiger partial charge in [-0.2, -0.15) is 0 Å². The molecule has 0 aromatic carbocycles. The summed E-state index contributed by atoms with van der Waals surface area (Å²) < 4.78 is 0. The quantitative estimate of drug-likeness (QED) is 0.859. The largest absolute Gasteiger partial charge is 0.349 e. The molecule has 0 atom stereocenters. The lowest BCUT2D eigenvalue weighted by Gasteiger charge is -2.10. The first-order chi connectivity index (χ1) is 8.83. The molecule has 1 aromatic heterocycles. The third-order valence-corrected chi connectivity index (χ3v) is 5.15. The van der Waals surface area contributed by atoms with Crippen LogP contribution in [0.4, 0.5) is 0 Å². The zero-order chi connectivity index (χ0) is 12.4. The fourth-order valence-corrected chi connectivity index (χ4v) is 3.99. The van der Waals surface area contributed by atoms with Crippen LogP contribution in [0.25, 0.3) is 0 Å². The predicted octanol–water partition coefficient (Wildman–Crippen LogP) is 2.11.